The lowest BCUT2D eigenvalue weighted by molar-refractivity contribution is -0.119. The first-order valence-corrected chi connectivity index (χ1v) is 8.46. The quantitative estimate of drug-likeness (QED) is 0.492. The molecule has 0 spiro atoms. The molecule has 110 valence electrons. The molecular weight excluding hydrogens is 232 g/mol. The first-order valence-electron chi connectivity index (χ1n) is 8.46. The fourth-order valence-electron chi connectivity index (χ4n) is 2.84. The summed E-state index contributed by atoms with van der Waals surface area (Å²) >= 11 is 0. The molecule has 0 aromatic carbocycles. The summed E-state index contributed by atoms with van der Waals surface area (Å²) in [4.78, 5) is 11.7. The van der Waals surface area contributed by atoms with Crippen molar-refractivity contribution in [2.24, 2.45) is 0 Å². The highest BCUT2D eigenvalue weighted by Crippen LogP contribution is 2.15. The standard InChI is InChI=1S/C18H32O/c1-17-13-10-8-6-4-2-3-5-7-9-11-15-18(19)16-12-14-17/h13H,2-12,14-16H2,1H3/b17-13-. The number of hydrogen-bond acceptors (Lipinski definition) is 1. The summed E-state index contributed by atoms with van der Waals surface area (Å²) in [5.41, 5.74) is 1.48. The number of carbonyl (C=O) groups is 1. The van der Waals surface area contributed by atoms with Crippen molar-refractivity contribution >= 4 is 5.78 Å². The smallest absolute Gasteiger partial charge is 0.132 e. The van der Waals surface area contributed by atoms with Crippen LogP contribution in [0.4, 0.5) is 0 Å². The highest BCUT2D eigenvalue weighted by molar-refractivity contribution is 5.78. The van der Waals surface area contributed by atoms with Crippen LogP contribution in [0.15, 0.2) is 11.6 Å². The number of carbonyl (C=O) groups excluding carboxylic acids is 1. The third-order valence-corrected chi connectivity index (χ3v) is 4.18. The van der Waals surface area contributed by atoms with Crippen molar-refractivity contribution in [1.29, 1.82) is 0 Å². The fourth-order valence-corrected chi connectivity index (χ4v) is 2.84. The Hall–Kier alpha value is -0.590. The van der Waals surface area contributed by atoms with Gasteiger partial charge in [0.05, 0.1) is 0 Å². The zero-order valence-electron chi connectivity index (χ0n) is 12.9. The Morgan fingerprint density at radius 2 is 1.21 bits per heavy atom. The highest BCUT2D eigenvalue weighted by atomic mass is 16.1. The van der Waals surface area contributed by atoms with Gasteiger partial charge in [0.15, 0.2) is 0 Å². The second-order valence-corrected chi connectivity index (χ2v) is 6.16. The van der Waals surface area contributed by atoms with Crippen molar-refractivity contribution in [3.8, 4) is 0 Å². The molecule has 1 heteroatoms. The van der Waals surface area contributed by atoms with Crippen LogP contribution in [0.3, 0.4) is 0 Å². The van der Waals surface area contributed by atoms with Gasteiger partial charge in [0.1, 0.15) is 5.78 Å². The van der Waals surface area contributed by atoms with Crippen molar-refractivity contribution in [3.05, 3.63) is 11.6 Å². The fraction of sp³-hybridized carbons (Fsp3) is 0.833. The summed E-state index contributed by atoms with van der Waals surface area (Å²) in [6.45, 7) is 2.22. The monoisotopic (exact) mass is 264 g/mol. The molecule has 0 unspecified atom stereocenters. The summed E-state index contributed by atoms with van der Waals surface area (Å²) in [5, 5.41) is 0. The first-order chi connectivity index (χ1) is 9.29. The van der Waals surface area contributed by atoms with Crippen LogP contribution < -0.4 is 0 Å². The summed E-state index contributed by atoms with van der Waals surface area (Å²) in [6, 6.07) is 0. The van der Waals surface area contributed by atoms with E-state index in [0.717, 1.165) is 32.1 Å². The van der Waals surface area contributed by atoms with Crippen LogP contribution in [0.1, 0.15) is 96.8 Å². The van der Waals surface area contributed by atoms with E-state index in [2.05, 4.69) is 13.0 Å². The summed E-state index contributed by atoms with van der Waals surface area (Å²) < 4.78 is 0. The molecule has 0 amide bonds. The van der Waals surface area contributed by atoms with E-state index in [1.54, 1.807) is 0 Å². The van der Waals surface area contributed by atoms with Crippen LogP contribution >= 0.6 is 0 Å². The zero-order valence-corrected chi connectivity index (χ0v) is 12.9. The van der Waals surface area contributed by atoms with Gasteiger partial charge in [-0.05, 0) is 39.0 Å². The van der Waals surface area contributed by atoms with E-state index in [9.17, 15) is 4.79 Å². The molecule has 0 N–H and O–H groups in total. The van der Waals surface area contributed by atoms with Gasteiger partial charge in [-0.2, -0.15) is 0 Å². The molecule has 1 nitrogen and oxygen atoms in total. The molecule has 1 aliphatic carbocycles. The third-order valence-electron chi connectivity index (χ3n) is 4.18. The van der Waals surface area contributed by atoms with Crippen LogP contribution in [0.2, 0.25) is 0 Å². The number of hydrogen-bond donors (Lipinski definition) is 0. The molecule has 1 rings (SSSR count). The molecule has 0 aliphatic heterocycles. The molecule has 0 radical (unpaired) electrons. The Kier molecular flexibility index (Phi) is 9.75. The number of Topliss-reactive ketones (excluding diaryl/α,β-unsaturated/α-hetero) is 1. The van der Waals surface area contributed by atoms with Crippen molar-refractivity contribution in [2.45, 2.75) is 96.8 Å². The minimum absolute atomic E-state index is 0.483. The van der Waals surface area contributed by atoms with E-state index < -0.39 is 0 Å². The van der Waals surface area contributed by atoms with Crippen molar-refractivity contribution in [1.82, 2.24) is 0 Å². The van der Waals surface area contributed by atoms with Gasteiger partial charge < -0.3 is 0 Å². The van der Waals surface area contributed by atoms with Gasteiger partial charge in [0.2, 0.25) is 0 Å². The van der Waals surface area contributed by atoms with Gasteiger partial charge >= 0.3 is 0 Å². The van der Waals surface area contributed by atoms with E-state index in [0.29, 0.717) is 5.78 Å². The van der Waals surface area contributed by atoms with Crippen molar-refractivity contribution in [2.75, 3.05) is 0 Å². The van der Waals surface area contributed by atoms with Gasteiger partial charge in [0, 0.05) is 12.8 Å². The predicted molar refractivity (Wildman–Crippen MR) is 83.4 cm³/mol. The summed E-state index contributed by atoms with van der Waals surface area (Å²) in [6.07, 6.45) is 19.4. The van der Waals surface area contributed by atoms with E-state index in [4.69, 9.17) is 0 Å². The molecule has 1 aliphatic rings. The molecule has 0 atom stereocenters. The van der Waals surface area contributed by atoms with Crippen LogP contribution in [-0.2, 0) is 4.79 Å². The number of allylic oxidation sites excluding steroid dienone is 2. The predicted octanol–water partition coefficient (Wildman–Crippen LogP) is 5.98. The molecule has 0 saturated heterocycles. The largest absolute Gasteiger partial charge is 0.300 e. The Balaban J connectivity index is 2.27. The van der Waals surface area contributed by atoms with Gasteiger partial charge in [0.25, 0.3) is 0 Å². The summed E-state index contributed by atoms with van der Waals surface area (Å²) in [7, 11) is 0. The lowest BCUT2D eigenvalue weighted by Crippen LogP contribution is -1.97. The molecule has 0 fully saturated rings. The first kappa shape index (κ1) is 16.5. The van der Waals surface area contributed by atoms with Crippen LogP contribution in [0.5, 0.6) is 0 Å². The van der Waals surface area contributed by atoms with E-state index in [-0.39, 0.29) is 0 Å². The Bertz CT molecular complexity index is 265. The van der Waals surface area contributed by atoms with E-state index >= 15 is 0 Å². The van der Waals surface area contributed by atoms with Crippen LogP contribution in [-0.4, -0.2) is 5.78 Å². The average molecular weight is 264 g/mol. The van der Waals surface area contributed by atoms with Crippen molar-refractivity contribution in [3.63, 3.8) is 0 Å². The van der Waals surface area contributed by atoms with E-state index in [1.165, 1.54) is 63.4 Å². The minimum atomic E-state index is 0.483. The molecular formula is C18H32O. The highest BCUT2D eigenvalue weighted by Gasteiger charge is 2.02. The molecule has 0 heterocycles. The Morgan fingerprint density at radius 1 is 0.684 bits per heavy atom. The third kappa shape index (κ3) is 9.92. The van der Waals surface area contributed by atoms with Gasteiger partial charge in [-0.3, -0.25) is 4.79 Å². The molecule has 19 heavy (non-hydrogen) atoms. The zero-order chi connectivity index (χ0) is 13.8. The van der Waals surface area contributed by atoms with Gasteiger partial charge in [-0.15, -0.1) is 0 Å². The van der Waals surface area contributed by atoms with Crippen LogP contribution in [0.25, 0.3) is 0 Å². The second kappa shape index (κ2) is 11.3. The Morgan fingerprint density at radius 3 is 1.89 bits per heavy atom. The van der Waals surface area contributed by atoms with Crippen LogP contribution in [0, 0.1) is 0 Å². The molecule has 0 aromatic rings. The molecule has 0 aromatic heterocycles. The van der Waals surface area contributed by atoms with Gasteiger partial charge in [-0.25, -0.2) is 0 Å². The second-order valence-electron chi connectivity index (χ2n) is 6.16. The maximum atomic E-state index is 11.7. The molecule has 0 bridgehead atoms. The van der Waals surface area contributed by atoms with Gasteiger partial charge in [-0.1, -0.05) is 56.6 Å². The lowest BCUT2D eigenvalue weighted by Gasteiger charge is -2.02. The maximum absolute atomic E-state index is 11.7. The molecule has 0 saturated carbocycles. The lowest BCUT2D eigenvalue weighted by atomic mass is 10.0. The maximum Gasteiger partial charge on any atom is 0.132 e. The average Bonchev–Trinajstić information content (AvgIpc) is 2.39. The van der Waals surface area contributed by atoms with Crippen molar-refractivity contribution < 1.29 is 4.79 Å². The number of rotatable bonds is 0. The van der Waals surface area contributed by atoms with E-state index in [1.807, 2.05) is 0 Å². The summed E-state index contributed by atoms with van der Waals surface area (Å²) in [5.74, 6) is 0.483. The normalized spacial score (nSPS) is 25.3. The Labute approximate surface area is 119 Å². The minimum Gasteiger partial charge on any atom is -0.300 e. The SMILES string of the molecule is C/C1=C/CCCCCCCCCCCC(=O)CCC1. The number of ketones is 1. The topological polar surface area (TPSA) is 17.1 Å².